The summed E-state index contributed by atoms with van der Waals surface area (Å²) < 4.78 is 0. The van der Waals surface area contributed by atoms with Crippen molar-refractivity contribution in [3.05, 3.63) is 24.3 Å². The van der Waals surface area contributed by atoms with E-state index in [0.29, 0.717) is 0 Å². The van der Waals surface area contributed by atoms with Crippen LogP contribution in [-0.4, -0.2) is 45.0 Å². The Balaban J connectivity index is 1.78. The van der Waals surface area contributed by atoms with Gasteiger partial charge in [0.05, 0.1) is 0 Å². The lowest BCUT2D eigenvalue weighted by atomic mass is 9.99. The molecule has 0 aromatic heterocycles. The molecule has 1 aromatic carbocycles. The Morgan fingerprint density at radius 3 is 2.35 bits per heavy atom. The van der Waals surface area contributed by atoms with Crippen LogP contribution < -0.4 is 20.9 Å². The van der Waals surface area contributed by atoms with Crippen LogP contribution in [0.15, 0.2) is 24.3 Å². The molecule has 23 heavy (non-hydrogen) atoms. The van der Waals surface area contributed by atoms with Crippen molar-refractivity contribution in [3.63, 3.8) is 0 Å². The zero-order valence-corrected chi connectivity index (χ0v) is 14.0. The van der Waals surface area contributed by atoms with E-state index in [9.17, 15) is 9.59 Å². The molecule has 0 atom stereocenters. The first kappa shape index (κ1) is 17.3. The number of nitrogens with one attached hydrogen (secondary N) is 2. The number of benzene rings is 1. The van der Waals surface area contributed by atoms with Crippen LogP contribution in [0.1, 0.15) is 19.8 Å². The molecule has 0 radical (unpaired) electrons. The van der Waals surface area contributed by atoms with Crippen molar-refractivity contribution in [1.82, 2.24) is 5.32 Å². The minimum absolute atomic E-state index is 0.0852. The molecule has 1 aliphatic rings. The van der Waals surface area contributed by atoms with Gasteiger partial charge in [0.1, 0.15) is 0 Å². The van der Waals surface area contributed by atoms with Crippen molar-refractivity contribution in [3.8, 4) is 0 Å². The van der Waals surface area contributed by atoms with Crippen molar-refractivity contribution in [2.24, 2.45) is 5.92 Å². The van der Waals surface area contributed by atoms with E-state index >= 15 is 0 Å². The van der Waals surface area contributed by atoms with Gasteiger partial charge in [0.25, 0.3) is 11.8 Å². The third-order valence-electron chi connectivity index (χ3n) is 4.24. The van der Waals surface area contributed by atoms with Crippen molar-refractivity contribution in [2.45, 2.75) is 19.8 Å². The van der Waals surface area contributed by atoms with Crippen LogP contribution in [-0.2, 0) is 9.59 Å². The minimum atomic E-state index is -0.103. The summed E-state index contributed by atoms with van der Waals surface area (Å²) in [4.78, 5) is 25.3. The van der Waals surface area contributed by atoms with Crippen molar-refractivity contribution in [1.29, 1.82) is 0 Å². The van der Waals surface area contributed by atoms with E-state index in [2.05, 4.69) is 34.6 Å². The summed E-state index contributed by atoms with van der Waals surface area (Å²) in [5.41, 5.74) is 2.00. The lowest BCUT2D eigenvalue weighted by molar-refractivity contribution is -0.632. The van der Waals surface area contributed by atoms with Gasteiger partial charge >= 0.3 is 0 Å². The van der Waals surface area contributed by atoms with Gasteiger partial charge in [-0.25, -0.2) is 0 Å². The Kier molecular flexibility index (Phi) is 6.40. The van der Waals surface area contributed by atoms with E-state index in [1.807, 2.05) is 12.1 Å². The summed E-state index contributed by atoms with van der Waals surface area (Å²) in [6.07, 6.45) is 2.47. The van der Waals surface area contributed by atoms with Crippen LogP contribution in [0.5, 0.6) is 0 Å². The highest BCUT2D eigenvalue weighted by Crippen LogP contribution is 2.24. The second-order valence-electron chi connectivity index (χ2n) is 6.13. The fraction of sp³-hybridized carbons (Fsp3) is 0.529. The summed E-state index contributed by atoms with van der Waals surface area (Å²) in [5, 5.41) is 7.05. The van der Waals surface area contributed by atoms with Crippen LogP contribution >= 0.6 is 0 Å². The second kappa shape index (κ2) is 8.53. The molecular weight excluding hydrogens is 292 g/mol. The van der Waals surface area contributed by atoms with Crippen LogP contribution in [0.3, 0.4) is 0 Å². The largest absolute Gasteiger partial charge is 0.372 e. The Hall–Kier alpha value is -2.08. The molecule has 0 aliphatic carbocycles. The Labute approximate surface area is 137 Å². The number of anilines is 2. The quantitative estimate of drug-likeness (QED) is 0.699. The van der Waals surface area contributed by atoms with E-state index < -0.39 is 0 Å². The van der Waals surface area contributed by atoms with Gasteiger partial charge in [-0.3, -0.25) is 9.59 Å². The predicted octanol–water partition coefficient (Wildman–Crippen LogP) is 0.171. The zero-order valence-electron chi connectivity index (χ0n) is 14.0. The number of likely N-dealkylation sites (N-methyl/N-ethyl adjacent to an activating group) is 1. The molecule has 126 valence electrons. The number of quaternary nitrogens is 1. The fourth-order valence-corrected chi connectivity index (χ4v) is 2.67. The maximum Gasteiger partial charge on any atom is 0.279 e. The van der Waals surface area contributed by atoms with Gasteiger partial charge < -0.3 is 20.9 Å². The van der Waals surface area contributed by atoms with Crippen LogP contribution in [0.2, 0.25) is 0 Å². The monoisotopic (exact) mass is 319 g/mol. The average molecular weight is 319 g/mol. The average Bonchev–Trinajstić information content (AvgIpc) is 2.56. The smallest absolute Gasteiger partial charge is 0.279 e. The molecule has 6 heteroatoms. The summed E-state index contributed by atoms with van der Waals surface area (Å²) >= 11 is 0. The number of nitrogens with two attached hydrogens (primary N) is 1. The highest BCUT2D eigenvalue weighted by atomic mass is 16.2. The lowest BCUT2D eigenvalue weighted by Crippen LogP contribution is -2.88. The maximum atomic E-state index is 11.8. The Bertz CT molecular complexity index is 522. The standard InChI is InChI=1S/C17H26N4O2/c1-13-7-9-21(10-8-13)15-5-3-14(4-6-15)20-17(23)12-19-11-16(22)18-2/h3-6,13,19H,7-12H2,1-2H3,(H,18,22)(H,20,23)/p+1. The third-order valence-corrected chi connectivity index (χ3v) is 4.24. The first-order chi connectivity index (χ1) is 11.1. The highest BCUT2D eigenvalue weighted by molar-refractivity contribution is 5.91. The Morgan fingerprint density at radius 1 is 1.13 bits per heavy atom. The van der Waals surface area contributed by atoms with E-state index in [-0.39, 0.29) is 24.9 Å². The van der Waals surface area contributed by atoms with E-state index in [0.717, 1.165) is 24.7 Å². The lowest BCUT2D eigenvalue weighted by Gasteiger charge is -2.32. The van der Waals surface area contributed by atoms with Gasteiger partial charge in [-0.2, -0.15) is 0 Å². The number of rotatable bonds is 6. The second-order valence-corrected chi connectivity index (χ2v) is 6.13. The summed E-state index contributed by atoms with van der Waals surface area (Å²) in [6.45, 7) is 5.00. The summed E-state index contributed by atoms with van der Waals surface area (Å²) in [5.74, 6) is 0.627. The molecule has 2 amide bonds. The molecule has 1 fully saturated rings. The number of hydrogen-bond acceptors (Lipinski definition) is 3. The van der Waals surface area contributed by atoms with Gasteiger partial charge in [0.15, 0.2) is 13.1 Å². The predicted molar refractivity (Wildman–Crippen MR) is 91.4 cm³/mol. The highest BCUT2D eigenvalue weighted by Gasteiger charge is 2.16. The van der Waals surface area contributed by atoms with Crippen LogP contribution in [0.25, 0.3) is 0 Å². The molecule has 0 bridgehead atoms. The normalized spacial score (nSPS) is 15.3. The zero-order chi connectivity index (χ0) is 16.7. The summed E-state index contributed by atoms with van der Waals surface area (Å²) in [7, 11) is 1.58. The van der Waals surface area contributed by atoms with Crippen molar-refractivity contribution < 1.29 is 14.9 Å². The molecule has 1 heterocycles. The topological polar surface area (TPSA) is 78.0 Å². The SMILES string of the molecule is CNC(=O)C[NH2+]CC(=O)Nc1ccc(N2CCC(C)CC2)cc1. The van der Waals surface area contributed by atoms with Crippen molar-refractivity contribution in [2.75, 3.05) is 43.4 Å². The molecular formula is C17H27N4O2+. The Morgan fingerprint density at radius 2 is 1.74 bits per heavy atom. The van der Waals surface area contributed by atoms with Gasteiger partial charge in [-0.15, -0.1) is 0 Å². The summed E-state index contributed by atoms with van der Waals surface area (Å²) in [6, 6.07) is 7.98. The fourth-order valence-electron chi connectivity index (χ4n) is 2.67. The van der Waals surface area contributed by atoms with Crippen LogP contribution in [0.4, 0.5) is 11.4 Å². The molecule has 0 spiro atoms. The van der Waals surface area contributed by atoms with Crippen molar-refractivity contribution >= 4 is 23.2 Å². The third kappa shape index (κ3) is 5.56. The number of hydrogen-bond donors (Lipinski definition) is 3. The molecule has 6 nitrogen and oxygen atoms in total. The molecule has 0 saturated carbocycles. The van der Waals surface area contributed by atoms with E-state index in [1.165, 1.54) is 18.5 Å². The molecule has 1 aromatic rings. The molecule has 1 aliphatic heterocycles. The first-order valence-corrected chi connectivity index (χ1v) is 8.25. The number of piperidine rings is 1. The van der Waals surface area contributed by atoms with Crippen LogP contribution in [0, 0.1) is 5.92 Å². The van der Waals surface area contributed by atoms with E-state index in [4.69, 9.17) is 0 Å². The van der Waals surface area contributed by atoms with Gasteiger partial charge in [0.2, 0.25) is 0 Å². The van der Waals surface area contributed by atoms with E-state index in [1.54, 1.807) is 12.4 Å². The number of amides is 2. The van der Waals surface area contributed by atoms with Gasteiger partial charge in [-0.05, 0) is 43.0 Å². The first-order valence-electron chi connectivity index (χ1n) is 8.25. The maximum absolute atomic E-state index is 11.8. The molecule has 2 rings (SSSR count). The van der Waals surface area contributed by atoms with Gasteiger partial charge in [0, 0.05) is 31.5 Å². The molecule has 4 N–H and O–H groups in total. The molecule has 1 saturated heterocycles. The van der Waals surface area contributed by atoms with Gasteiger partial charge in [-0.1, -0.05) is 6.92 Å². The number of nitrogens with zero attached hydrogens (tertiary/aromatic N) is 1. The number of carbonyl (C=O) groups excluding carboxylic acids is 2. The number of carbonyl (C=O) groups is 2. The minimum Gasteiger partial charge on any atom is -0.372 e. The molecule has 0 unspecified atom stereocenters.